The number of allylic oxidation sites excluding steroid dienone is 14. The summed E-state index contributed by atoms with van der Waals surface area (Å²) in [5.74, 6) is -0.913. The van der Waals surface area contributed by atoms with Gasteiger partial charge in [-0.2, -0.15) is 0 Å². The van der Waals surface area contributed by atoms with Gasteiger partial charge in [0.25, 0.3) is 0 Å². The Morgan fingerprint density at radius 1 is 0.292 bits per heavy atom. The van der Waals surface area contributed by atoms with Crippen molar-refractivity contribution in [2.24, 2.45) is 0 Å². The van der Waals surface area contributed by atoms with E-state index in [4.69, 9.17) is 14.2 Å². The van der Waals surface area contributed by atoms with Crippen LogP contribution in [0.2, 0.25) is 0 Å². The van der Waals surface area contributed by atoms with Crippen LogP contribution < -0.4 is 0 Å². The molecule has 0 N–H and O–H groups in total. The Hall–Kier alpha value is -3.41. The van der Waals surface area contributed by atoms with Crippen molar-refractivity contribution in [1.29, 1.82) is 0 Å². The zero-order chi connectivity index (χ0) is 52.2. The van der Waals surface area contributed by atoms with Crippen LogP contribution in [-0.2, 0) is 28.6 Å². The first-order valence-corrected chi connectivity index (χ1v) is 30.6. The van der Waals surface area contributed by atoms with Crippen molar-refractivity contribution in [2.75, 3.05) is 13.2 Å². The maximum absolute atomic E-state index is 12.9. The minimum absolute atomic E-state index is 0.0874. The fourth-order valence-corrected chi connectivity index (χ4v) is 8.57. The van der Waals surface area contributed by atoms with Gasteiger partial charge in [-0.15, -0.1) is 0 Å². The van der Waals surface area contributed by atoms with Gasteiger partial charge in [0.1, 0.15) is 13.2 Å². The maximum atomic E-state index is 12.9. The highest BCUT2D eigenvalue weighted by Gasteiger charge is 2.19. The highest BCUT2D eigenvalue weighted by molar-refractivity contribution is 5.71. The molecule has 1 unspecified atom stereocenters. The van der Waals surface area contributed by atoms with Gasteiger partial charge < -0.3 is 14.2 Å². The van der Waals surface area contributed by atoms with Gasteiger partial charge in [0.15, 0.2) is 6.10 Å². The normalized spacial score (nSPS) is 12.7. The number of unbranched alkanes of at least 4 members (excludes halogenated alkanes) is 30. The Bertz CT molecular complexity index is 1380. The maximum Gasteiger partial charge on any atom is 0.306 e. The third kappa shape index (κ3) is 57.5. The second-order valence-electron chi connectivity index (χ2n) is 20.2. The van der Waals surface area contributed by atoms with Gasteiger partial charge in [0.05, 0.1) is 0 Å². The molecule has 0 aliphatic heterocycles. The zero-order valence-electron chi connectivity index (χ0n) is 47.4. The number of hydrogen-bond acceptors (Lipinski definition) is 6. The van der Waals surface area contributed by atoms with E-state index in [-0.39, 0.29) is 31.1 Å². The zero-order valence-corrected chi connectivity index (χ0v) is 47.4. The number of rotatable bonds is 55. The summed E-state index contributed by atoms with van der Waals surface area (Å²) in [6.07, 6.45) is 78.8. The molecule has 0 heterocycles. The van der Waals surface area contributed by atoms with Crippen LogP contribution in [0, 0.1) is 0 Å². The van der Waals surface area contributed by atoms with E-state index in [1.165, 1.54) is 135 Å². The van der Waals surface area contributed by atoms with E-state index in [0.717, 1.165) is 122 Å². The molecule has 0 aromatic heterocycles. The van der Waals surface area contributed by atoms with E-state index in [2.05, 4.69) is 106 Å². The molecule has 0 rings (SSSR count). The average molecular weight is 1000 g/mol. The first-order chi connectivity index (χ1) is 35.5. The molecular formula is C66H114O6. The lowest BCUT2D eigenvalue weighted by atomic mass is 10.0. The first kappa shape index (κ1) is 68.6. The average Bonchev–Trinajstić information content (AvgIpc) is 3.38. The van der Waals surface area contributed by atoms with Gasteiger partial charge in [0.2, 0.25) is 0 Å². The molecule has 0 radical (unpaired) electrons. The van der Waals surface area contributed by atoms with Crippen LogP contribution in [0.4, 0.5) is 0 Å². The molecule has 6 nitrogen and oxygen atoms in total. The van der Waals surface area contributed by atoms with Crippen LogP contribution in [0.5, 0.6) is 0 Å². The Morgan fingerprint density at radius 2 is 0.569 bits per heavy atom. The Kier molecular flexibility index (Phi) is 57.3. The molecular weight excluding hydrogens is 889 g/mol. The third-order valence-corrected chi connectivity index (χ3v) is 13.1. The molecule has 0 amide bonds. The minimum atomic E-state index is -0.789. The molecule has 0 aromatic rings. The van der Waals surface area contributed by atoms with Gasteiger partial charge >= 0.3 is 17.9 Å². The van der Waals surface area contributed by atoms with Crippen LogP contribution >= 0.6 is 0 Å². The summed E-state index contributed by atoms with van der Waals surface area (Å²) in [6.45, 7) is 6.46. The smallest absolute Gasteiger partial charge is 0.306 e. The Morgan fingerprint density at radius 3 is 0.917 bits per heavy atom. The predicted octanol–water partition coefficient (Wildman–Crippen LogP) is 20.7. The molecule has 0 aliphatic carbocycles. The molecule has 0 aliphatic rings. The van der Waals surface area contributed by atoms with Crippen molar-refractivity contribution in [3.8, 4) is 0 Å². The third-order valence-electron chi connectivity index (χ3n) is 13.1. The van der Waals surface area contributed by atoms with E-state index in [9.17, 15) is 14.4 Å². The van der Waals surface area contributed by atoms with Gasteiger partial charge in [0, 0.05) is 19.3 Å². The van der Waals surface area contributed by atoms with Crippen molar-refractivity contribution in [3.05, 3.63) is 85.1 Å². The number of hydrogen-bond donors (Lipinski definition) is 0. The molecule has 0 fully saturated rings. The fourth-order valence-electron chi connectivity index (χ4n) is 8.57. The second kappa shape index (κ2) is 60.1. The van der Waals surface area contributed by atoms with E-state index in [1.807, 2.05) is 0 Å². The Labute approximate surface area is 445 Å². The summed E-state index contributed by atoms with van der Waals surface area (Å²) in [5, 5.41) is 0. The monoisotopic (exact) mass is 1000 g/mol. The van der Waals surface area contributed by atoms with Crippen LogP contribution in [0.15, 0.2) is 85.1 Å². The van der Waals surface area contributed by atoms with Crippen molar-refractivity contribution >= 4 is 17.9 Å². The van der Waals surface area contributed by atoms with Crippen molar-refractivity contribution < 1.29 is 28.6 Å². The van der Waals surface area contributed by atoms with Crippen LogP contribution in [0.3, 0.4) is 0 Å². The van der Waals surface area contributed by atoms with E-state index in [1.54, 1.807) is 0 Å². The number of ether oxygens (including phenoxy) is 3. The van der Waals surface area contributed by atoms with Crippen LogP contribution in [0.25, 0.3) is 0 Å². The van der Waals surface area contributed by atoms with Crippen molar-refractivity contribution in [2.45, 2.75) is 303 Å². The second-order valence-corrected chi connectivity index (χ2v) is 20.2. The number of carbonyl (C=O) groups is 3. The molecule has 0 saturated carbocycles. The standard InChI is InChI=1S/C66H114O6/c1-4-7-10-13-16-19-22-24-26-28-30-32-33-35-36-38-40-42-44-47-50-53-56-59-65(68)71-62-63(61-70-64(67)58-55-52-49-46-21-18-15-12-9-6-3)72-66(69)60-57-54-51-48-45-43-41-39-37-34-31-29-27-25-23-20-17-14-11-8-5-2/h7,10,12,15-16,19,24,26,30,32,35-36,40,42,63H,4-6,8-9,11,13-14,17-18,20-23,25,27-29,31,33-34,37-39,41,43-62H2,1-3H3/b10-7-,15-12-,19-16-,26-24-,32-30-,36-35-,42-40-. The molecule has 6 heteroatoms. The van der Waals surface area contributed by atoms with E-state index in [0.29, 0.717) is 19.3 Å². The number of carbonyl (C=O) groups excluding carboxylic acids is 3. The van der Waals surface area contributed by atoms with E-state index < -0.39 is 6.10 Å². The molecule has 0 bridgehead atoms. The van der Waals surface area contributed by atoms with Gasteiger partial charge in [-0.05, 0) is 89.9 Å². The van der Waals surface area contributed by atoms with Gasteiger partial charge in [-0.3, -0.25) is 14.4 Å². The highest BCUT2D eigenvalue weighted by atomic mass is 16.6. The molecule has 1 atom stereocenters. The van der Waals surface area contributed by atoms with Gasteiger partial charge in [-0.1, -0.05) is 273 Å². The lowest BCUT2D eigenvalue weighted by molar-refractivity contribution is -0.167. The highest BCUT2D eigenvalue weighted by Crippen LogP contribution is 2.17. The largest absolute Gasteiger partial charge is 0.462 e. The lowest BCUT2D eigenvalue weighted by Crippen LogP contribution is -2.30. The predicted molar refractivity (Wildman–Crippen MR) is 311 cm³/mol. The molecule has 72 heavy (non-hydrogen) atoms. The van der Waals surface area contributed by atoms with Gasteiger partial charge in [-0.25, -0.2) is 0 Å². The summed E-state index contributed by atoms with van der Waals surface area (Å²) < 4.78 is 16.9. The van der Waals surface area contributed by atoms with Crippen LogP contribution in [0.1, 0.15) is 297 Å². The van der Waals surface area contributed by atoms with Crippen molar-refractivity contribution in [3.63, 3.8) is 0 Å². The Balaban J connectivity index is 4.32. The summed E-state index contributed by atoms with van der Waals surface area (Å²) in [7, 11) is 0. The molecule has 0 aromatic carbocycles. The SMILES string of the molecule is CC/C=C\C/C=C\C/C=C\C/C=C\C/C=C\C/C=C\CCCCCCC(=O)OCC(COC(=O)CCCCCCC/C=C\CCC)OC(=O)CCCCCCCCCCCCCCCCCCCCCCC. The quantitative estimate of drug-likeness (QED) is 0.0261. The summed E-state index contributed by atoms with van der Waals surface area (Å²) in [4.78, 5) is 38.2. The summed E-state index contributed by atoms with van der Waals surface area (Å²) >= 11 is 0. The molecule has 0 saturated heterocycles. The molecule has 414 valence electrons. The minimum Gasteiger partial charge on any atom is -0.462 e. The molecule has 0 spiro atoms. The van der Waals surface area contributed by atoms with Crippen molar-refractivity contribution in [1.82, 2.24) is 0 Å². The summed E-state index contributed by atoms with van der Waals surface area (Å²) in [6, 6.07) is 0. The first-order valence-electron chi connectivity index (χ1n) is 30.6. The van der Waals surface area contributed by atoms with Crippen LogP contribution in [-0.4, -0.2) is 37.2 Å². The summed E-state index contributed by atoms with van der Waals surface area (Å²) in [5.41, 5.74) is 0. The van der Waals surface area contributed by atoms with E-state index >= 15 is 0 Å². The fraction of sp³-hybridized carbons (Fsp3) is 0.742. The topological polar surface area (TPSA) is 78.9 Å². The lowest BCUT2D eigenvalue weighted by Gasteiger charge is -2.18. The number of esters is 3.